The predicted octanol–water partition coefficient (Wildman–Crippen LogP) is 0.466. The van der Waals surface area contributed by atoms with Gasteiger partial charge in [-0.2, -0.15) is 8.78 Å². The molecule has 5 nitrogen and oxygen atoms in total. The van der Waals surface area contributed by atoms with Crippen molar-refractivity contribution in [1.82, 2.24) is 16.0 Å². The molecule has 1 aliphatic heterocycles. The molecule has 1 saturated heterocycles. The number of nitrogens with one attached hydrogen (secondary N) is 3. The Morgan fingerprint density at radius 3 is 2.70 bits per heavy atom. The van der Waals surface area contributed by atoms with Gasteiger partial charge < -0.3 is 20.7 Å². The van der Waals surface area contributed by atoms with E-state index in [1.165, 1.54) is 12.1 Å². The quantitative estimate of drug-likeness (QED) is 0.736. The number of alkyl halides is 2. The molecule has 7 heteroatoms. The molecular weight excluding hydrogens is 268 g/mol. The number of ether oxygens (including phenoxy) is 1. The van der Waals surface area contributed by atoms with Crippen LogP contribution in [0.4, 0.5) is 8.78 Å². The topological polar surface area (TPSA) is 62.4 Å². The summed E-state index contributed by atoms with van der Waals surface area (Å²) in [5.74, 6) is 0.0262. The Hall–Kier alpha value is -1.73. The van der Waals surface area contributed by atoms with Gasteiger partial charge in [0, 0.05) is 26.2 Å². The highest BCUT2D eigenvalue weighted by Crippen LogP contribution is 2.14. The van der Waals surface area contributed by atoms with E-state index in [9.17, 15) is 13.6 Å². The predicted molar refractivity (Wildman–Crippen MR) is 69.6 cm³/mol. The zero-order valence-corrected chi connectivity index (χ0v) is 10.9. The first-order valence-electron chi connectivity index (χ1n) is 6.41. The van der Waals surface area contributed by atoms with Crippen LogP contribution in [0.2, 0.25) is 0 Å². The lowest BCUT2D eigenvalue weighted by Gasteiger charge is -2.23. The minimum atomic E-state index is -2.83. The molecule has 0 saturated carbocycles. The van der Waals surface area contributed by atoms with Crippen molar-refractivity contribution in [1.29, 1.82) is 0 Å². The molecule has 2 rings (SSSR count). The highest BCUT2D eigenvalue weighted by atomic mass is 19.3. The Kier molecular flexibility index (Phi) is 5.25. The Bertz CT molecular complexity index is 434. The van der Waals surface area contributed by atoms with Crippen molar-refractivity contribution in [2.75, 3.05) is 19.6 Å². The maximum atomic E-state index is 12.0. The summed E-state index contributed by atoms with van der Waals surface area (Å²) in [6, 6.07) is 5.96. The number of amides is 1. The fraction of sp³-hybridized carbons (Fsp3) is 0.462. The van der Waals surface area contributed by atoms with E-state index >= 15 is 0 Å². The third-order valence-corrected chi connectivity index (χ3v) is 2.97. The number of carbonyl (C=O) groups is 1. The lowest BCUT2D eigenvalue weighted by molar-refractivity contribution is -0.123. The molecule has 1 heterocycles. The summed E-state index contributed by atoms with van der Waals surface area (Å²) in [6.45, 7) is -0.253. The van der Waals surface area contributed by atoms with Gasteiger partial charge in [-0.05, 0) is 17.7 Å². The normalized spacial score (nSPS) is 18.9. The van der Waals surface area contributed by atoms with E-state index in [2.05, 4.69) is 20.7 Å². The second-order valence-corrected chi connectivity index (χ2v) is 4.45. The van der Waals surface area contributed by atoms with Gasteiger partial charge in [0.2, 0.25) is 5.91 Å². The van der Waals surface area contributed by atoms with Gasteiger partial charge in [0.25, 0.3) is 0 Å². The van der Waals surface area contributed by atoms with Crippen molar-refractivity contribution in [3.8, 4) is 5.75 Å². The average molecular weight is 285 g/mol. The summed E-state index contributed by atoms with van der Waals surface area (Å²) < 4.78 is 28.2. The van der Waals surface area contributed by atoms with Crippen LogP contribution in [-0.4, -0.2) is 38.2 Å². The van der Waals surface area contributed by atoms with Crippen molar-refractivity contribution >= 4 is 5.91 Å². The molecular formula is C13H17F2N3O2. The Morgan fingerprint density at radius 2 is 2.10 bits per heavy atom. The molecule has 1 aromatic rings. The van der Waals surface area contributed by atoms with Crippen LogP contribution in [0.5, 0.6) is 5.75 Å². The van der Waals surface area contributed by atoms with E-state index in [1.807, 2.05) is 0 Å². The van der Waals surface area contributed by atoms with Crippen molar-refractivity contribution < 1.29 is 18.3 Å². The summed E-state index contributed by atoms with van der Waals surface area (Å²) in [5.41, 5.74) is 0.823. The highest BCUT2D eigenvalue weighted by molar-refractivity contribution is 5.82. The number of carbonyl (C=O) groups excluding carboxylic acids is 1. The molecule has 1 fully saturated rings. The van der Waals surface area contributed by atoms with E-state index in [4.69, 9.17) is 0 Å². The number of halogens is 2. The summed E-state index contributed by atoms with van der Waals surface area (Å²) in [6.07, 6.45) is 0. The van der Waals surface area contributed by atoms with Gasteiger partial charge in [0.05, 0.1) is 6.04 Å². The van der Waals surface area contributed by atoms with Crippen LogP contribution in [-0.2, 0) is 11.3 Å². The number of hydrogen-bond donors (Lipinski definition) is 3. The van der Waals surface area contributed by atoms with E-state index in [-0.39, 0.29) is 17.7 Å². The van der Waals surface area contributed by atoms with Crippen LogP contribution in [0.15, 0.2) is 24.3 Å². The zero-order chi connectivity index (χ0) is 14.4. The van der Waals surface area contributed by atoms with Crippen LogP contribution >= 0.6 is 0 Å². The molecule has 0 radical (unpaired) electrons. The van der Waals surface area contributed by atoms with Gasteiger partial charge in [0.15, 0.2) is 0 Å². The Balaban J connectivity index is 1.79. The first-order valence-corrected chi connectivity index (χ1v) is 6.41. The van der Waals surface area contributed by atoms with Crippen molar-refractivity contribution in [2.24, 2.45) is 0 Å². The molecule has 20 heavy (non-hydrogen) atoms. The van der Waals surface area contributed by atoms with Gasteiger partial charge in [-0.3, -0.25) is 4.79 Å². The fourth-order valence-electron chi connectivity index (χ4n) is 1.94. The van der Waals surface area contributed by atoms with E-state index in [0.717, 1.165) is 18.7 Å². The molecule has 1 aromatic carbocycles. The lowest BCUT2D eigenvalue weighted by Crippen LogP contribution is -2.55. The van der Waals surface area contributed by atoms with E-state index in [1.54, 1.807) is 12.1 Å². The number of piperazine rings is 1. The minimum Gasteiger partial charge on any atom is -0.435 e. The summed E-state index contributed by atoms with van der Waals surface area (Å²) in [4.78, 5) is 11.8. The zero-order valence-electron chi connectivity index (χ0n) is 10.9. The standard InChI is InChI=1S/C13H17F2N3O2/c14-13(15)20-10-3-1-9(2-4-10)7-18-12(19)11-8-16-5-6-17-11/h1-4,11,13,16-17H,5-8H2,(H,18,19). The molecule has 1 amide bonds. The maximum absolute atomic E-state index is 12.0. The first-order chi connectivity index (χ1) is 9.65. The van der Waals surface area contributed by atoms with Crippen LogP contribution in [0, 0.1) is 0 Å². The minimum absolute atomic E-state index is 0.0786. The molecule has 110 valence electrons. The van der Waals surface area contributed by atoms with Crippen LogP contribution in [0.25, 0.3) is 0 Å². The highest BCUT2D eigenvalue weighted by Gasteiger charge is 2.19. The average Bonchev–Trinajstić information content (AvgIpc) is 2.46. The molecule has 0 aliphatic carbocycles. The van der Waals surface area contributed by atoms with Crippen LogP contribution in [0.3, 0.4) is 0 Å². The van der Waals surface area contributed by atoms with Gasteiger partial charge in [-0.15, -0.1) is 0 Å². The number of rotatable bonds is 5. The molecule has 1 aliphatic rings. The largest absolute Gasteiger partial charge is 0.435 e. The maximum Gasteiger partial charge on any atom is 0.387 e. The lowest BCUT2D eigenvalue weighted by atomic mass is 10.2. The summed E-state index contributed by atoms with van der Waals surface area (Å²) in [7, 11) is 0. The van der Waals surface area contributed by atoms with Gasteiger partial charge in [0.1, 0.15) is 5.75 Å². The Morgan fingerprint density at radius 1 is 1.35 bits per heavy atom. The van der Waals surface area contributed by atoms with Crippen molar-refractivity contribution in [2.45, 2.75) is 19.2 Å². The van der Waals surface area contributed by atoms with E-state index in [0.29, 0.717) is 13.1 Å². The number of benzene rings is 1. The fourth-order valence-corrected chi connectivity index (χ4v) is 1.94. The SMILES string of the molecule is O=C(NCc1ccc(OC(F)F)cc1)C1CNCCN1. The molecule has 0 bridgehead atoms. The van der Waals surface area contributed by atoms with Crippen molar-refractivity contribution in [3.63, 3.8) is 0 Å². The molecule has 3 N–H and O–H groups in total. The molecule has 1 unspecified atom stereocenters. The third-order valence-electron chi connectivity index (χ3n) is 2.97. The van der Waals surface area contributed by atoms with Crippen LogP contribution in [0.1, 0.15) is 5.56 Å². The first kappa shape index (κ1) is 14.7. The Labute approximate surface area is 115 Å². The van der Waals surface area contributed by atoms with Gasteiger partial charge in [-0.25, -0.2) is 0 Å². The monoisotopic (exact) mass is 285 g/mol. The van der Waals surface area contributed by atoms with Crippen LogP contribution < -0.4 is 20.7 Å². The summed E-state index contributed by atoms with van der Waals surface area (Å²) >= 11 is 0. The smallest absolute Gasteiger partial charge is 0.387 e. The molecule has 0 spiro atoms. The molecule has 0 aromatic heterocycles. The van der Waals surface area contributed by atoms with E-state index < -0.39 is 6.61 Å². The third kappa shape index (κ3) is 4.43. The van der Waals surface area contributed by atoms with Gasteiger partial charge in [-0.1, -0.05) is 12.1 Å². The van der Waals surface area contributed by atoms with Gasteiger partial charge >= 0.3 is 6.61 Å². The van der Waals surface area contributed by atoms with Crippen molar-refractivity contribution in [3.05, 3.63) is 29.8 Å². The second-order valence-electron chi connectivity index (χ2n) is 4.45. The molecule has 1 atom stereocenters. The summed E-state index contributed by atoms with van der Waals surface area (Å²) in [5, 5.41) is 9.04. The second kappa shape index (κ2) is 7.16. The number of hydrogen-bond acceptors (Lipinski definition) is 4.